The molecule has 1 aromatic carbocycles. The summed E-state index contributed by atoms with van der Waals surface area (Å²) in [6.07, 6.45) is 1.27. The summed E-state index contributed by atoms with van der Waals surface area (Å²) in [5.41, 5.74) is 4.58. The number of halogens is 2. The monoisotopic (exact) mass is 281 g/mol. The fourth-order valence-electron chi connectivity index (χ4n) is 1.86. The van der Waals surface area contributed by atoms with Crippen LogP contribution in [0.4, 0.5) is 14.5 Å². The highest BCUT2D eigenvalue weighted by atomic mass is 19.2. The van der Waals surface area contributed by atoms with Crippen LogP contribution in [0.3, 0.4) is 0 Å². The molecule has 0 aliphatic rings. The predicted octanol–water partition coefficient (Wildman–Crippen LogP) is 0.939. The molecule has 2 aromatic rings. The van der Waals surface area contributed by atoms with Gasteiger partial charge in [-0.1, -0.05) is 6.07 Å². The Bertz CT molecular complexity index is 765. The first-order valence-electron chi connectivity index (χ1n) is 5.97. The standard InChI is InChI=1S/C13H13F2N3O2/c1-2-17-7-11(16)12(19)18(13(17)20)6-8-3-4-9(14)10(15)5-8/h3-5,7H,2,6,16H2,1H3. The molecule has 0 atom stereocenters. The minimum atomic E-state index is -1.03. The van der Waals surface area contributed by atoms with Crippen LogP contribution in [-0.2, 0) is 13.1 Å². The van der Waals surface area contributed by atoms with E-state index in [4.69, 9.17) is 5.73 Å². The molecule has 7 heteroatoms. The normalized spacial score (nSPS) is 10.8. The summed E-state index contributed by atoms with van der Waals surface area (Å²) >= 11 is 0. The zero-order chi connectivity index (χ0) is 14.9. The Morgan fingerprint density at radius 1 is 1.20 bits per heavy atom. The highest BCUT2D eigenvalue weighted by Crippen LogP contribution is 2.09. The maximum absolute atomic E-state index is 13.1. The lowest BCUT2D eigenvalue weighted by Gasteiger charge is -2.10. The first-order valence-corrected chi connectivity index (χ1v) is 5.97. The Labute approximate surface area is 112 Å². The van der Waals surface area contributed by atoms with E-state index in [1.165, 1.54) is 16.8 Å². The SMILES string of the molecule is CCn1cc(N)c(=O)n(Cc2ccc(F)c(F)c2)c1=O. The van der Waals surface area contributed by atoms with Gasteiger partial charge in [0.15, 0.2) is 11.6 Å². The van der Waals surface area contributed by atoms with E-state index in [9.17, 15) is 18.4 Å². The molecule has 20 heavy (non-hydrogen) atoms. The molecule has 0 spiro atoms. The Balaban J connectivity index is 2.53. The van der Waals surface area contributed by atoms with Gasteiger partial charge < -0.3 is 5.73 Å². The number of hydrogen-bond acceptors (Lipinski definition) is 3. The highest BCUT2D eigenvalue weighted by Gasteiger charge is 2.10. The van der Waals surface area contributed by atoms with E-state index in [2.05, 4.69) is 0 Å². The molecule has 0 saturated carbocycles. The van der Waals surface area contributed by atoms with Gasteiger partial charge >= 0.3 is 5.69 Å². The van der Waals surface area contributed by atoms with Crippen LogP contribution in [0.25, 0.3) is 0 Å². The topological polar surface area (TPSA) is 70.0 Å². The molecular weight excluding hydrogens is 268 g/mol. The van der Waals surface area contributed by atoms with Gasteiger partial charge in [0.25, 0.3) is 5.56 Å². The minimum absolute atomic E-state index is 0.0750. The zero-order valence-corrected chi connectivity index (χ0v) is 10.8. The average Bonchev–Trinajstić information content (AvgIpc) is 2.42. The van der Waals surface area contributed by atoms with Gasteiger partial charge in [-0.05, 0) is 24.6 Å². The lowest BCUT2D eigenvalue weighted by Crippen LogP contribution is -2.40. The Kier molecular flexibility index (Phi) is 3.69. The fraction of sp³-hybridized carbons (Fsp3) is 0.231. The highest BCUT2D eigenvalue weighted by molar-refractivity contribution is 5.31. The summed E-state index contributed by atoms with van der Waals surface area (Å²) in [6, 6.07) is 3.20. The number of anilines is 1. The van der Waals surface area contributed by atoms with Crippen molar-refractivity contribution < 1.29 is 8.78 Å². The predicted molar refractivity (Wildman–Crippen MR) is 70.5 cm³/mol. The van der Waals surface area contributed by atoms with E-state index in [0.29, 0.717) is 12.1 Å². The van der Waals surface area contributed by atoms with Crippen molar-refractivity contribution in [1.82, 2.24) is 9.13 Å². The third kappa shape index (κ3) is 2.47. The third-order valence-electron chi connectivity index (χ3n) is 2.93. The molecule has 0 amide bonds. The van der Waals surface area contributed by atoms with E-state index in [0.717, 1.165) is 16.7 Å². The van der Waals surface area contributed by atoms with Gasteiger partial charge in [-0.25, -0.2) is 13.6 Å². The molecule has 0 saturated heterocycles. The van der Waals surface area contributed by atoms with Gasteiger partial charge in [0.05, 0.1) is 6.54 Å². The quantitative estimate of drug-likeness (QED) is 0.910. The second kappa shape index (κ2) is 5.28. The van der Waals surface area contributed by atoms with Gasteiger partial charge in [-0.15, -0.1) is 0 Å². The van der Waals surface area contributed by atoms with Crippen molar-refractivity contribution >= 4 is 5.69 Å². The maximum Gasteiger partial charge on any atom is 0.331 e. The first kappa shape index (κ1) is 14.0. The number of nitrogens with two attached hydrogens (primary N) is 1. The number of nitrogens with zero attached hydrogens (tertiary/aromatic N) is 2. The van der Waals surface area contributed by atoms with Gasteiger partial charge in [0.2, 0.25) is 0 Å². The van der Waals surface area contributed by atoms with Gasteiger partial charge in [0.1, 0.15) is 5.69 Å². The number of hydrogen-bond donors (Lipinski definition) is 1. The van der Waals surface area contributed by atoms with Crippen molar-refractivity contribution in [3.63, 3.8) is 0 Å². The fourth-order valence-corrected chi connectivity index (χ4v) is 1.86. The van der Waals surface area contributed by atoms with Gasteiger partial charge in [0, 0.05) is 12.7 Å². The van der Waals surface area contributed by atoms with Crippen LogP contribution < -0.4 is 17.0 Å². The van der Waals surface area contributed by atoms with Crippen LogP contribution in [0.15, 0.2) is 34.0 Å². The van der Waals surface area contributed by atoms with Crippen molar-refractivity contribution in [3.05, 3.63) is 62.4 Å². The molecule has 106 valence electrons. The second-order valence-electron chi connectivity index (χ2n) is 4.29. The molecular formula is C13H13F2N3O2. The van der Waals surface area contributed by atoms with E-state index < -0.39 is 22.9 Å². The van der Waals surface area contributed by atoms with Crippen LogP contribution in [0.1, 0.15) is 12.5 Å². The molecule has 2 N–H and O–H groups in total. The minimum Gasteiger partial charge on any atom is -0.393 e. The zero-order valence-electron chi connectivity index (χ0n) is 10.8. The van der Waals surface area contributed by atoms with Crippen molar-refractivity contribution in [2.24, 2.45) is 0 Å². The van der Waals surface area contributed by atoms with Crippen molar-refractivity contribution in [2.45, 2.75) is 20.0 Å². The molecule has 0 fully saturated rings. The summed E-state index contributed by atoms with van der Waals surface area (Å²) in [7, 11) is 0. The summed E-state index contributed by atoms with van der Waals surface area (Å²) < 4.78 is 28.2. The Morgan fingerprint density at radius 3 is 2.50 bits per heavy atom. The van der Waals surface area contributed by atoms with Crippen LogP contribution in [-0.4, -0.2) is 9.13 Å². The lowest BCUT2D eigenvalue weighted by molar-refractivity contribution is 0.505. The number of nitrogen functional groups attached to an aromatic ring is 1. The van der Waals surface area contributed by atoms with Gasteiger partial charge in [-0.3, -0.25) is 13.9 Å². The Morgan fingerprint density at radius 2 is 1.90 bits per heavy atom. The van der Waals surface area contributed by atoms with Gasteiger partial charge in [-0.2, -0.15) is 0 Å². The lowest BCUT2D eigenvalue weighted by atomic mass is 10.2. The molecule has 1 aromatic heterocycles. The molecule has 0 aliphatic carbocycles. The number of rotatable bonds is 3. The molecule has 1 heterocycles. The smallest absolute Gasteiger partial charge is 0.331 e. The summed E-state index contributed by atoms with van der Waals surface area (Å²) in [4.78, 5) is 23.9. The third-order valence-corrected chi connectivity index (χ3v) is 2.93. The average molecular weight is 281 g/mol. The largest absolute Gasteiger partial charge is 0.393 e. The molecule has 0 radical (unpaired) electrons. The first-order chi connectivity index (χ1) is 9.43. The van der Waals surface area contributed by atoms with Crippen LogP contribution >= 0.6 is 0 Å². The summed E-state index contributed by atoms with van der Waals surface area (Å²) in [5, 5.41) is 0. The van der Waals surface area contributed by atoms with E-state index >= 15 is 0 Å². The maximum atomic E-state index is 13.1. The van der Waals surface area contributed by atoms with Crippen LogP contribution in [0.2, 0.25) is 0 Å². The van der Waals surface area contributed by atoms with Crippen LogP contribution in [0.5, 0.6) is 0 Å². The molecule has 0 aliphatic heterocycles. The molecule has 2 rings (SSSR count). The number of benzene rings is 1. The number of aromatic nitrogens is 2. The van der Waals surface area contributed by atoms with E-state index in [1.54, 1.807) is 6.92 Å². The molecule has 0 unspecified atom stereocenters. The van der Waals surface area contributed by atoms with Crippen molar-refractivity contribution in [2.75, 3.05) is 5.73 Å². The second-order valence-corrected chi connectivity index (χ2v) is 4.29. The van der Waals surface area contributed by atoms with Crippen LogP contribution in [0, 0.1) is 11.6 Å². The van der Waals surface area contributed by atoms with E-state index in [-0.39, 0.29) is 12.2 Å². The number of aryl methyl sites for hydroxylation is 1. The van der Waals surface area contributed by atoms with E-state index in [1.807, 2.05) is 0 Å². The Hall–Kier alpha value is -2.44. The molecule has 5 nitrogen and oxygen atoms in total. The van der Waals surface area contributed by atoms with Crippen molar-refractivity contribution in [1.29, 1.82) is 0 Å². The summed E-state index contributed by atoms with van der Waals surface area (Å²) in [6.45, 7) is 1.91. The molecule has 0 bridgehead atoms. The summed E-state index contributed by atoms with van der Waals surface area (Å²) in [5.74, 6) is -2.02. The van der Waals surface area contributed by atoms with Crippen molar-refractivity contribution in [3.8, 4) is 0 Å².